The van der Waals surface area contributed by atoms with E-state index in [-0.39, 0.29) is 22.4 Å². The zero-order valence-corrected chi connectivity index (χ0v) is 11.7. The molecule has 2 rings (SSSR count). The molecule has 2 aromatic rings. The van der Waals surface area contributed by atoms with Crippen molar-refractivity contribution in [3.8, 4) is 0 Å². The van der Waals surface area contributed by atoms with E-state index in [4.69, 9.17) is 5.73 Å². The van der Waals surface area contributed by atoms with E-state index in [0.717, 1.165) is 4.88 Å². The van der Waals surface area contributed by atoms with E-state index in [1.165, 1.54) is 23.5 Å². The number of halogens is 4. The molecule has 0 spiro atoms. The molecule has 1 aromatic carbocycles. The predicted octanol–water partition coefficient (Wildman–Crippen LogP) is 4.26. The third-order valence-corrected chi connectivity index (χ3v) is 3.81. The molecule has 0 amide bonds. The van der Waals surface area contributed by atoms with E-state index in [9.17, 15) is 8.78 Å². The molecule has 1 heterocycles. The summed E-state index contributed by atoms with van der Waals surface area (Å²) in [6, 6.07) is 5.33. The smallest absolute Gasteiger partial charge is 0.145 e. The number of benzene rings is 1. The van der Waals surface area contributed by atoms with Gasteiger partial charge in [-0.25, -0.2) is 8.78 Å². The van der Waals surface area contributed by atoms with Crippen molar-refractivity contribution in [3.05, 3.63) is 56.2 Å². The van der Waals surface area contributed by atoms with Gasteiger partial charge in [-0.05, 0) is 39.5 Å². The number of nitrogens with two attached hydrogens (primary N) is 1. The molecule has 1 aromatic heterocycles. The maximum atomic E-state index is 13.7. The van der Waals surface area contributed by atoms with Gasteiger partial charge in [0.2, 0.25) is 0 Å². The third-order valence-electron chi connectivity index (χ3n) is 2.24. The Hall–Kier alpha value is -0.490. The molecule has 0 saturated carbocycles. The Morgan fingerprint density at radius 1 is 1.24 bits per heavy atom. The lowest BCUT2D eigenvalue weighted by Gasteiger charge is -2.13. The van der Waals surface area contributed by atoms with Gasteiger partial charge in [0.15, 0.2) is 0 Å². The monoisotopic (exact) mass is 339 g/mol. The molecule has 17 heavy (non-hydrogen) atoms. The normalized spacial score (nSPS) is 12.0. The molecular weight excluding hydrogens is 332 g/mol. The quantitative estimate of drug-likeness (QED) is 0.812. The van der Waals surface area contributed by atoms with Crippen molar-refractivity contribution in [1.29, 1.82) is 0 Å². The fraction of sp³-hybridized carbons (Fsp3) is 0.0909. The zero-order chi connectivity index (χ0) is 11.7. The third kappa shape index (κ3) is 2.85. The van der Waals surface area contributed by atoms with E-state index < -0.39 is 17.7 Å². The van der Waals surface area contributed by atoms with Crippen molar-refractivity contribution < 1.29 is 8.78 Å². The molecule has 0 unspecified atom stereocenters. The second-order valence-electron chi connectivity index (χ2n) is 3.25. The minimum Gasteiger partial charge on any atom is -0.319 e. The average Bonchev–Trinajstić information content (AvgIpc) is 2.77. The van der Waals surface area contributed by atoms with Crippen LogP contribution in [0.1, 0.15) is 16.5 Å². The topological polar surface area (TPSA) is 26.0 Å². The van der Waals surface area contributed by atoms with Crippen molar-refractivity contribution in [2.75, 3.05) is 0 Å². The summed E-state index contributed by atoms with van der Waals surface area (Å²) in [6.07, 6.45) is 0. The Morgan fingerprint density at radius 3 is 2.53 bits per heavy atom. The van der Waals surface area contributed by atoms with Crippen LogP contribution in [0.3, 0.4) is 0 Å². The highest BCUT2D eigenvalue weighted by Gasteiger charge is 2.20. The van der Waals surface area contributed by atoms with E-state index in [1.54, 1.807) is 12.1 Å². The van der Waals surface area contributed by atoms with Crippen LogP contribution in [0.4, 0.5) is 8.78 Å². The van der Waals surface area contributed by atoms with E-state index in [1.807, 2.05) is 5.38 Å². The van der Waals surface area contributed by atoms with E-state index in [0.29, 0.717) is 0 Å². The van der Waals surface area contributed by atoms with Crippen molar-refractivity contribution in [2.45, 2.75) is 6.04 Å². The summed E-state index contributed by atoms with van der Waals surface area (Å²) >= 11 is 4.39. The second kappa shape index (κ2) is 5.91. The maximum Gasteiger partial charge on any atom is 0.145 e. The van der Waals surface area contributed by atoms with Gasteiger partial charge in [-0.15, -0.1) is 23.7 Å². The van der Waals surface area contributed by atoms with Crippen molar-refractivity contribution in [2.24, 2.45) is 5.73 Å². The first-order valence-corrected chi connectivity index (χ1v) is 6.21. The van der Waals surface area contributed by atoms with E-state index >= 15 is 0 Å². The molecule has 0 saturated heterocycles. The summed E-state index contributed by atoms with van der Waals surface area (Å²) in [6.45, 7) is 0. The molecule has 0 aliphatic carbocycles. The van der Waals surface area contributed by atoms with Crippen molar-refractivity contribution in [1.82, 2.24) is 0 Å². The summed E-state index contributed by atoms with van der Waals surface area (Å²) in [7, 11) is 0. The zero-order valence-electron chi connectivity index (χ0n) is 8.49. The Labute approximate surface area is 116 Å². The Morgan fingerprint density at radius 2 is 1.94 bits per heavy atom. The van der Waals surface area contributed by atoms with Gasteiger partial charge in [0.25, 0.3) is 0 Å². The predicted molar refractivity (Wildman–Crippen MR) is 71.7 cm³/mol. The minimum absolute atomic E-state index is 0. The van der Waals surface area contributed by atoms with Gasteiger partial charge < -0.3 is 5.73 Å². The van der Waals surface area contributed by atoms with Crippen LogP contribution in [0.5, 0.6) is 0 Å². The first-order chi connectivity index (χ1) is 7.61. The number of thiophene rings is 1. The highest BCUT2D eigenvalue weighted by atomic mass is 79.9. The molecule has 1 nitrogen and oxygen atoms in total. The molecule has 92 valence electrons. The lowest BCUT2D eigenvalue weighted by molar-refractivity contribution is 0.541. The summed E-state index contributed by atoms with van der Waals surface area (Å²) in [5, 5.41) is 1.82. The highest BCUT2D eigenvalue weighted by Crippen LogP contribution is 2.30. The first kappa shape index (κ1) is 14.6. The van der Waals surface area contributed by atoms with Crippen LogP contribution in [0.2, 0.25) is 0 Å². The average molecular weight is 341 g/mol. The van der Waals surface area contributed by atoms with Gasteiger partial charge >= 0.3 is 0 Å². The Kier molecular flexibility index (Phi) is 5.06. The Bertz CT molecular complexity index is 504. The number of hydrogen-bond donors (Lipinski definition) is 1. The second-order valence-corrected chi connectivity index (χ2v) is 5.08. The lowest BCUT2D eigenvalue weighted by atomic mass is 10.1. The van der Waals surface area contributed by atoms with Crippen LogP contribution in [-0.2, 0) is 0 Å². The molecule has 0 bridgehead atoms. The fourth-order valence-corrected chi connectivity index (χ4v) is 2.52. The standard InChI is InChI=1S/C11H8BrF2NS.ClH/c12-6-3-4-7(13)9(10(6)14)11(15)8-2-1-5-16-8;/h1-5,11H,15H2;1H/t11-;/m1./s1. The minimum atomic E-state index is -0.766. The highest BCUT2D eigenvalue weighted by molar-refractivity contribution is 9.10. The van der Waals surface area contributed by atoms with Gasteiger partial charge in [0.05, 0.1) is 10.5 Å². The lowest BCUT2D eigenvalue weighted by Crippen LogP contribution is -2.14. The molecule has 2 N–H and O–H groups in total. The van der Waals surface area contributed by atoms with Crippen LogP contribution in [0.15, 0.2) is 34.1 Å². The summed E-state index contributed by atoms with van der Waals surface area (Å²) in [5.41, 5.74) is 5.74. The molecular formula is C11H9BrClF2NS. The van der Waals surface area contributed by atoms with Crippen LogP contribution in [0, 0.1) is 11.6 Å². The first-order valence-electron chi connectivity index (χ1n) is 4.53. The summed E-state index contributed by atoms with van der Waals surface area (Å²) in [4.78, 5) is 0.732. The van der Waals surface area contributed by atoms with Gasteiger partial charge in [-0.3, -0.25) is 0 Å². The number of hydrogen-bond acceptors (Lipinski definition) is 2. The summed E-state index contributed by atoms with van der Waals surface area (Å²) < 4.78 is 27.5. The molecule has 0 fully saturated rings. The van der Waals surface area contributed by atoms with Crippen LogP contribution >= 0.6 is 39.7 Å². The largest absolute Gasteiger partial charge is 0.319 e. The molecule has 6 heteroatoms. The fourth-order valence-electron chi connectivity index (χ4n) is 1.44. The molecule has 0 aliphatic rings. The molecule has 1 atom stereocenters. The number of rotatable bonds is 2. The van der Waals surface area contributed by atoms with Crippen molar-refractivity contribution in [3.63, 3.8) is 0 Å². The van der Waals surface area contributed by atoms with Crippen LogP contribution < -0.4 is 5.73 Å². The van der Waals surface area contributed by atoms with Crippen LogP contribution in [-0.4, -0.2) is 0 Å². The van der Waals surface area contributed by atoms with Gasteiger partial charge in [-0.2, -0.15) is 0 Å². The van der Waals surface area contributed by atoms with Crippen LogP contribution in [0.25, 0.3) is 0 Å². The SMILES string of the molecule is Cl.N[C@H](c1cccs1)c1c(F)ccc(Br)c1F. The molecule has 0 aliphatic heterocycles. The van der Waals surface area contributed by atoms with E-state index in [2.05, 4.69) is 15.9 Å². The van der Waals surface area contributed by atoms with Gasteiger partial charge in [0.1, 0.15) is 11.6 Å². The summed E-state index contributed by atoms with van der Waals surface area (Å²) in [5.74, 6) is -1.26. The van der Waals surface area contributed by atoms with Gasteiger partial charge in [0, 0.05) is 10.4 Å². The molecule has 0 radical (unpaired) electrons. The van der Waals surface area contributed by atoms with Gasteiger partial charge in [-0.1, -0.05) is 6.07 Å². The van der Waals surface area contributed by atoms with Crippen molar-refractivity contribution >= 4 is 39.7 Å². The maximum absolute atomic E-state index is 13.7. The Balaban J connectivity index is 0.00000144.